The fourth-order valence-electron chi connectivity index (χ4n) is 3.07. The summed E-state index contributed by atoms with van der Waals surface area (Å²) in [7, 11) is 1.76. The van der Waals surface area contributed by atoms with E-state index in [1.807, 2.05) is 0 Å². The zero-order valence-corrected chi connectivity index (χ0v) is 12.0. The minimum atomic E-state index is 0.353. The van der Waals surface area contributed by atoms with Gasteiger partial charge in [-0.15, -0.1) is 0 Å². The number of hydrogen-bond acceptors (Lipinski definition) is 2. The first-order valence-electron chi connectivity index (χ1n) is 7.03. The van der Waals surface area contributed by atoms with Crippen molar-refractivity contribution in [3.05, 3.63) is 29.3 Å². The van der Waals surface area contributed by atoms with Crippen LogP contribution in [0.5, 0.6) is 5.75 Å². The van der Waals surface area contributed by atoms with Gasteiger partial charge in [-0.05, 0) is 43.0 Å². The first-order chi connectivity index (χ1) is 8.67. The maximum Gasteiger partial charge on any atom is 0.122 e. The van der Waals surface area contributed by atoms with E-state index in [0.717, 1.165) is 24.8 Å². The van der Waals surface area contributed by atoms with Crippen LogP contribution >= 0.6 is 0 Å². The van der Waals surface area contributed by atoms with E-state index in [4.69, 9.17) is 4.74 Å². The molecule has 2 nitrogen and oxygen atoms in total. The summed E-state index contributed by atoms with van der Waals surface area (Å²) in [5, 5.41) is 3.53. The van der Waals surface area contributed by atoms with E-state index >= 15 is 0 Å². The van der Waals surface area contributed by atoms with Crippen molar-refractivity contribution in [3.63, 3.8) is 0 Å². The van der Waals surface area contributed by atoms with Crippen LogP contribution in [0, 0.1) is 12.8 Å². The fourth-order valence-corrected chi connectivity index (χ4v) is 3.07. The molecular weight excluding hydrogens is 222 g/mol. The summed E-state index contributed by atoms with van der Waals surface area (Å²) in [6, 6.07) is 6.71. The lowest BCUT2D eigenvalue weighted by atomic mass is 9.91. The SMILES string of the molecule is CCNCC1(c2ccc(C)c(OC)c2)CC1CC. The van der Waals surface area contributed by atoms with Gasteiger partial charge in [-0.1, -0.05) is 32.4 Å². The van der Waals surface area contributed by atoms with Crippen LogP contribution < -0.4 is 10.1 Å². The Bertz CT molecular complexity index is 416. The van der Waals surface area contributed by atoms with Crippen molar-refractivity contribution >= 4 is 0 Å². The minimum Gasteiger partial charge on any atom is -0.496 e. The van der Waals surface area contributed by atoms with E-state index in [1.54, 1.807) is 7.11 Å². The molecule has 100 valence electrons. The number of rotatable bonds is 6. The molecule has 1 aliphatic rings. The standard InChI is InChI=1S/C16H25NO/c1-5-13-10-16(13,11-17-6-2)14-8-7-12(3)15(9-14)18-4/h7-9,13,17H,5-6,10-11H2,1-4H3. The Labute approximate surface area is 111 Å². The molecule has 2 atom stereocenters. The predicted molar refractivity (Wildman–Crippen MR) is 76.4 cm³/mol. The summed E-state index contributed by atoms with van der Waals surface area (Å²) < 4.78 is 5.46. The predicted octanol–water partition coefficient (Wildman–Crippen LogP) is 3.28. The van der Waals surface area contributed by atoms with Crippen LogP contribution in [0.4, 0.5) is 0 Å². The number of ether oxygens (including phenoxy) is 1. The Balaban J connectivity index is 2.27. The Morgan fingerprint density at radius 2 is 2.17 bits per heavy atom. The molecule has 0 bridgehead atoms. The summed E-state index contributed by atoms with van der Waals surface area (Å²) in [5.74, 6) is 1.84. The largest absolute Gasteiger partial charge is 0.496 e. The van der Waals surface area contributed by atoms with Crippen LogP contribution in [0.25, 0.3) is 0 Å². The van der Waals surface area contributed by atoms with Crippen LogP contribution in [-0.4, -0.2) is 20.2 Å². The molecule has 2 unspecified atom stereocenters. The Kier molecular flexibility index (Phi) is 3.96. The number of aryl methyl sites for hydroxylation is 1. The summed E-state index contributed by atoms with van der Waals surface area (Å²) in [4.78, 5) is 0. The molecule has 1 saturated carbocycles. The van der Waals surface area contributed by atoms with Gasteiger partial charge in [0.05, 0.1) is 7.11 Å². The molecule has 1 aromatic rings. The number of methoxy groups -OCH3 is 1. The summed E-state index contributed by atoms with van der Waals surface area (Å²) in [5.41, 5.74) is 3.01. The molecule has 0 radical (unpaired) electrons. The lowest BCUT2D eigenvalue weighted by Gasteiger charge is -2.20. The van der Waals surface area contributed by atoms with E-state index in [1.165, 1.54) is 24.0 Å². The second-order valence-corrected chi connectivity index (χ2v) is 5.43. The van der Waals surface area contributed by atoms with E-state index < -0.39 is 0 Å². The van der Waals surface area contributed by atoms with Crippen molar-refractivity contribution < 1.29 is 4.74 Å². The average Bonchev–Trinajstić information content (AvgIpc) is 3.12. The molecule has 0 heterocycles. The number of hydrogen-bond donors (Lipinski definition) is 1. The highest BCUT2D eigenvalue weighted by Gasteiger charge is 2.53. The maximum atomic E-state index is 5.46. The summed E-state index contributed by atoms with van der Waals surface area (Å²) in [6.07, 6.45) is 2.57. The molecule has 0 spiro atoms. The highest BCUT2D eigenvalue weighted by molar-refractivity contribution is 5.43. The van der Waals surface area contributed by atoms with E-state index in [2.05, 4.69) is 44.3 Å². The van der Waals surface area contributed by atoms with Crippen molar-refractivity contribution in [2.24, 2.45) is 5.92 Å². The fraction of sp³-hybridized carbons (Fsp3) is 0.625. The van der Waals surface area contributed by atoms with Crippen molar-refractivity contribution in [3.8, 4) is 5.75 Å². The molecule has 1 aliphatic carbocycles. The highest BCUT2D eigenvalue weighted by atomic mass is 16.5. The first kappa shape index (κ1) is 13.4. The van der Waals surface area contributed by atoms with Crippen LogP contribution in [-0.2, 0) is 5.41 Å². The first-order valence-corrected chi connectivity index (χ1v) is 7.03. The Morgan fingerprint density at radius 1 is 1.39 bits per heavy atom. The van der Waals surface area contributed by atoms with Gasteiger partial charge in [0.2, 0.25) is 0 Å². The molecule has 18 heavy (non-hydrogen) atoms. The molecule has 0 amide bonds. The molecule has 2 heteroatoms. The topological polar surface area (TPSA) is 21.3 Å². The zero-order chi connectivity index (χ0) is 13.2. The lowest BCUT2D eigenvalue weighted by Crippen LogP contribution is -2.28. The van der Waals surface area contributed by atoms with E-state index in [0.29, 0.717) is 5.41 Å². The van der Waals surface area contributed by atoms with Crippen LogP contribution in [0.15, 0.2) is 18.2 Å². The third-order valence-electron chi connectivity index (χ3n) is 4.40. The van der Waals surface area contributed by atoms with Gasteiger partial charge in [-0.25, -0.2) is 0 Å². The maximum absolute atomic E-state index is 5.46. The molecule has 0 saturated heterocycles. The smallest absolute Gasteiger partial charge is 0.122 e. The van der Waals surface area contributed by atoms with Gasteiger partial charge in [0.15, 0.2) is 0 Å². The number of benzene rings is 1. The third kappa shape index (κ3) is 2.26. The lowest BCUT2D eigenvalue weighted by molar-refractivity contribution is 0.409. The summed E-state index contributed by atoms with van der Waals surface area (Å²) in [6.45, 7) is 8.70. The monoisotopic (exact) mass is 247 g/mol. The second-order valence-electron chi connectivity index (χ2n) is 5.43. The summed E-state index contributed by atoms with van der Waals surface area (Å²) >= 11 is 0. The molecular formula is C16H25NO. The van der Waals surface area contributed by atoms with Crippen LogP contribution in [0.3, 0.4) is 0 Å². The Morgan fingerprint density at radius 3 is 2.72 bits per heavy atom. The minimum absolute atomic E-state index is 0.353. The van der Waals surface area contributed by atoms with E-state index in [9.17, 15) is 0 Å². The van der Waals surface area contributed by atoms with Crippen LogP contribution in [0.1, 0.15) is 37.8 Å². The number of likely N-dealkylation sites (N-methyl/N-ethyl adjacent to an activating group) is 1. The van der Waals surface area contributed by atoms with Crippen LogP contribution in [0.2, 0.25) is 0 Å². The molecule has 1 fully saturated rings. The van der Waals surface area contributed by atoms with Gasteiger partial charge in [-0.2, -0.15) is 0 Å². The molecule has 0 aliphatic heterocycles. The molecule has 1 N–H and O–H groups in total. The highest BCUT2D eigenvalue weighted by Crippen LogP contribution is 2.56. The van der Waals surface area contributed by atoms with Gasteiger partial charge in [-0.3, -0.25) is 0 Å². The van der Waals surface area contributed by atoms with Gasteiger partial charge < -0.3 is 10.1 Å². The number of nitrogens with one attached hydrogen (secondary N) is 1. The quantitative estimate of drug-likeness (QED) is 0.833. The van der Waals surface area contributed by atoms with Crippen molar-refractivity contribution in [1.29, 1.82) is 0 Å². The second kappa shape index (κ2) is 5.31. The average molecular weight is 247 g/mol. The third-order valence-corrected chi connectivity index (χ3v) is 4.40. The van der Waals surface area contributed by atoms with Gasteiger partial charge >= 0.3 is 0 Å². The van der Waals surface area contributed by atoms with Gasteiger partial charge in [0.1, 0.15) is 5.75 Å². The van der Waals surface area contributed by atoms with Crippen molar-refractivity contribution in [2.45, 2.75) is 39.0 Å². The molecule has 1 aromatic carbocycles. The zero-order valence-electron chi connectivity index (χ0n) is 12.0. The van der Waals surface area contributed by atoms with Crippen molar-refractivity contribution in [1.82, 2.24) is 5.32 Å². The van der Waals surface area contributed by atoms with Crippen molar-refractivity contribution in [2.75, 3.05) is 20.2 Å². The van der Waals surface area contributed by atoms with Gasteiger partial charge in [0.25, 0.3) is 0 Å². The van der Waals surface area contributed by atoms with E-state index in [-0.39, 0.29) is 0 Å². The molecule has 0 aromatic heterocycles. The normalized spacial score (nSPS) is 26.1. The Hall–Kier alpha value is -1.02. The molecule has 2 rings (SSSR count). The van der Waals surface area contributed by atoms with Gasteiger partial charge in [0, 0.05) is 12.0 Å².